The third-order valence-corrected chi connectivity index (χ3v) is 4.32. The van der Waals surface area contributed by atoms with Crippen molar-refractivity contribution in [3.63, 3.8) is 0 Å². The summed E-state index contributed by atoms with van der Waals surface area (Å²) in [7, 11) is 3.99. The molecule has 1 amide bonds. The van der Waals surface area contributed by atoms with E-state index in [1.807, 2.05) is 60.1 Å². The first-order valence-electron chi connectivity index (χ1n) is 7.69. The molecule has 116 valence electrons. The van der Waals surface area contributed by atoms with E-state index in [4.69, 9.17) is 0 Å². The first-order valence-corrected chi connectivity index (χ1v) is 7.69. The molecule has 0 N–H and O–H groups in total. The van der Waals surface area contributed by atoms with Crippen LogP contribution < -0.4 is 4.90 Å². The molecule has 2 aromatic rings. The Balaban J connectivity index is 1.73. The number of carbonyl (C=O) groups is 1. The molecule has 0 aliphatic carbocycles. The minimum Gasteiger partial charge on any atom is -0.337 e. The molecule has 0 unspecified atom stereocenters. The van der Waals surface area contributed by atoms with Gasteiger partial charge in [0.15, 0.2) is 0 Å². The molecule has 0 spiro atoms. The second-order valence-electron chi connectivity index (χ2n) is 5.85. The first-order chi connectivity index (χ1) is 10.7. The first kappa shape index (κ1) is 14.8. The molecule has 1 saturated heterocycles. The average molecular weight is 298 g/mol. The van der Waals surface area contributed by atoms with Gasteiger partial charge < -0.3 is 9.47 Å². The number of amides is 1. The zero-order chi connectivity index (χ0) is 15.5. The third-order valence-electron chi connectivity index (χ3n) is 4.32. The Hall–Kier alpha value is -2.14. The predicted molar refractivity (Wildman–Crippen MR) is 86.5 cm³/mol. The van der Waals surface area contributed by atoms with Gasteiger partial charge in [-0.15, -0.1) is 0 Å². The highest BCUT2D eigenvalue weighted by atomic mass is 16.2. The zero-order valence-corrected chi connectivity index (χ0v) is 13.1. The lowest BCUT2D eigenvalue weighted by Crippen LogP contribution is -2.51. The van der Waals surface area contributed by atoms with Crippen LogP contribution in [0.5, 0.6) is 0 Å². The second kappa shape index (κ2) is 6.32. The number of hydrogen-bond acceptors (Lipinski definition) is 3. The summed E-state index contributed by atoms with van der Waals surface area (Å²) in [5.41, 5.74) is 0.989. The summed E-state index contributed by atoms with van der Waals surface area (Å²) in [6, 6.07) is 9.85. The highest BCUT2D eigenvalue weighted by Crippen LogP contribution is 2.23. The number of aryl methyl sites for hydroxylation is 1. The third kappa shape index (κ3) is 2.90. The van der Waals surface area contributed by atoms with Crippen molar-refractivity contribution in [1.29, 1.82) is 0 Å². The van der Waals surface area contributed by atoms with Gasteiger partial charge in [-0.3, -0.25) is 9.69 Å². The molecule has 5 heteroatoms. The van der Waals surface area contributed by atoms with Crippen LogP contribution in [0, 0.1) is 0 Å². The molecule has 1 atom stereocenters. The lowest BCUT2D eigenvalue weighted by atomic mass is 10.0. The monoisotopic (exact) mass is 298 g/mol. The summed E-state index contributed by atoms with van der Waals surface area (Å²) in [4.78, 5) is 21.2. The van der Waals surface area contributed by atoms with Crippen LogP contribution in [0.4, 0.5) is 5.69 Å². The normalized spacial score (nSPS) is 19.0. The van der Waals surface area contributed by atoms with Gasteiger partial charge in [0, 0.05) is 31.7 Å². The van der Waals surface area contributed by atoms with E-state index in [-0.39, 0.29) is 11.9 Å². The Morgan fingerprint density at radius 2 is 2.09 bits per heavy atom. The van der Waals surface area contributed by atoms with Crippen LogP contribution in [0.25, 0.3) is 0 Å². The standard InChI is InChI=1S/C17H22N4O/c1-19-12-10-18-16(19)13-20(2)15-9-6-11-21(17(15)22)14-7-4-3-5-8-14/h3-5,7-8,10,12,15H,6,9,11,13H2,1-2H3/t15-/m0/s1. The average Bonchev–Trinajstić information content (AvgIpc) is 2.93. The summed E-state index contributed by atoms with van der Waals surface area (Å²) >= 11 is 0. The Morgan fingerprint density at radius 1 is 1.32 bits per heavy atom. The fourth-order valence-corrected chi connectivity index (χ4v) is 3.01. The maximum absolute atomic E-state index is 12.8. The van der Waals surface area contributed by atoms with E-state index in [1.165, 1.54) is 0 Å². The highest BCUT2D eigenvalue weighted by molar-refractivity contribution is 5.97. The van der Waals surface area contributed by atoms with E-state index in [0.717, 1.165) is 30.9 Å². The Kier molecular flexibility index (Phi) is 4.24. The van der Waals surface area contributed by atoms with E-state index >= 15 is 0 Å². The summed E-state index contributed by atoms with van der Waals surface area (Å²) in [6.45, 7) is 1.48. The van der Waals surface area contributed by atoms with Crippen molar-refractivity contribution in [2.45, 2.75) is 25.4 Å². The molecular weight excluding hydrogens is 276 g/mol. The smallest absolute Gasteiger partial charge is 0.244 e. The fourth-order valence-electron chi connectivity index (χ4n) is 3.01. The van der Waals surface area contributed by atoms with Crippen molar-refractivity contribution in [3.05, 3.63) is 48.5 Å². The number of benzene rings is 1. The maximum Gasteiger partial charge on any atom is 0.244 e. The van der Waals surface area contributed by atoms with Gasteiger partial charge in [-0.2, -0.15) is 0 Å². The molecule has 1 aromatic heterocycles. The number of imidazole rings is 1. The number of likely N-dealkylation sites (N-methyl/N-ethyl adjacent to an activating group) is 1. The van der Waals surface area contributed by atoms with Crippen molar-refractivity contribution in [3.8, 4) is 0 Å². The lowest BCUT2D eigenvalue weighted by Gasteiger charge is -2.36. The molecule has 0 saturated carbocycles. The van der Waals surface area contributed by atoms with Crippen molar-refractivity contribution in [2.24, 2.45) is 7.05 Å². The number of nitrogens with zero attached hydrogens (tertiary/aromatic N) is 4. The van der Waals surface area contributed by atoms with E-state index in [0.29, 0.717) is 6.54 Å². The summed E-state index contributed by atoms with van der Waals surface area (Å²) < 4.78 is 2.00. The molecule has 0 radical (unpaired) electrons. The summed E-state index contributed by atoms with van der Waals surface area (Å²) in [5, 5.41) is 0. The van der Waals surface area contributed by atoms with Crippen molar-refractivity contribution < 1.29 is 4.79 Å². The van der Waals surface area contributed by atoms with Gasteiger partial charge in [-0.25, -0.2) is 4.98 Å². The van der Waals surface area contributed by atoms with Gasteiger partial charge in [0.05, 0.1) is 12.6 Å². The SMILES string of the molecule is CN(Cc1nccn1C)[C@H]1CCCN(c2ccccc2)C1=O. The van der Waals surface area contributed by atoms with Gasteiger partial charge in [-0.1, -0.05) is 18.2 Å². The van der Waals surface area contributed by atoms with Crippen LogP contribution in [-0.2, 0) is 18.4 Å². The van der Waals surface area contributed by atoms with Crippen molar-refractivity contribution in [1.82, 2.24) is 14.5 Å². The predicted octanol–water partition coefficient (Wildman–Crippen LogP) is 2.05. The second-order valence-corrected chi connectivity index (χ2v) is 5.85. The number of anilines is 1. The molecule has 1 aromatic carbocycles. The van der Waals surface area contributed by atoms with Crippen LogP contribution in [0.1, 0.15) is 18.7 Å². The fraction of sp³-hybridized carbons (Fsp3) is 0.412. The molecule has 1 aliphatic heterocycles. The molecule has 5 nitrogen and oxygen atoms in total. The van der Waals surface area contributed by atoms with E-state index < -0.39 is 0 Å². The Labute approximate surface area is 131 Å². The molecule has 2 heterocycles. The minimum atomic E-state index is -0.0781. The van der Waals surface area contributed by atoms with Crippen LogP contribution in [-0.4, -0.2) is 40.0 Å². The van der Waals surface area contributed by atoms with Crippen LogP contribution in [0.3, 0.4) is 0 Å². The summed E-state index contributed by atoms with van der Waals surface area (Å²) in [5.74, 6) is 1.17. The number of rotatable bonds is 4. The van der Waals surface area contributed by atoms with Crippen molar-refractivity contribution >= 4 is 11.6 Å². The number of piperidine rings is 1. The molecule has 0 bridgehead atoms. The quantitative estimate of drug-likeness (QED) is 0.867. The van der Waals surface area contributed by atoms with Gasteiger partial charge >= 0.3 is 0 Å². The zero-order valence-electron chi connectivity index (χ0n) is 13.1. The van der Waals surface area contributed by atoms with Gasteiger partial charge in [0.2, 0.25) is 5.91 Å². The number of para-hydroxylation sites is 1. The summed E-state index contributed by atoms with van der Waals surface area (Å²) in [6.07, 6.45) is 5.66. The Bertz CT molecular complexity index is 637. The molecule has 1 fully saturated rings. The molecule has 1 aliphatic rings. The Morgan fingerprint density at radius 3 is 2.77 bits per heavy atom. The number of carbonyl (C=O) groups excluding carboxylic acids is 1. The largest absolute Gasteiger partial charge is 0.337 e. The van der Waals surface area contributed by atoms with Gasteiger partial charge in [0.25, 0.3) is 0 Å². The molecular formula is C17H22N4O. The number of aromatic nitrogens is 2. The lowest BCUT2D eigenvalue weighted by molar-refractivity contribution is -0.125. The minimum absolute atomic E-state index is 0.0781. The van der Waals surface area contributed by atoms with E-state index in [2.05, 4.69) is 9.88 Å². The molecule has 3 rings (SSSR count). The molecule has 22 heavy (non-hydrogen) atoms. The van der Waals surface area contributed by atoms with Gasteiger partial charge in [-0.05, 0) is 32.0 Å². The van der Waals surface area contributed by atoms with Crippen molar-refractivity contribution in [2.75, 3.05) is 18.5 Å². The number of hydrogen-bond donors (Lipinski definition) is 0. The van der Waals surface area contributed by atoms with Gasteiger partial charge in [0.1, 0.15) is 5.82 Å². The van der Waals surface area contributed by atoms with Crippen LogP contribution in [0.2, 0.25) is 0 Å². The topological polar surface area (TPSA) is 41.4 Å². The van der Waals surface area contributed by atoms with E-state index in [1.54, 1.807) is 6.20 Å². The highest BCUT2D eigenvalue weighted by Gasteiger charge is 2.32. The van der Waals surface area contributed by atoms with Crippen LogP contribution in [0.15, 0.2) is 42.7 Å². The maximum atomic E-state index is 12.8. The van der Waals surface area contributed by atoms with Crippen LogP contribution >= 0.6 is 0 Å². The van der Waals surface area contributed by atoms with E-state index in [9.17, 15) is 4.79 Å².